The standard InChI is InChI=1S/C20H26N4O2S/c1-12(2)17-11-18(22-24(17)3)27(26)23-20(25)21-19-15-8-4-6-13(15)10-14-7-5-9-16(14)19/h10-12H,4-9H2,1-3H3,(H2,21,23,25). The second-order valence-corrected chi connectivity index (χ2v) is 8.90. The first kappa shape index (κ1) is 18.4. The summed E-state index contributed by atoms with van der Waals surface area (Å²) in [5.41, 5.74) is 7.18. The van der Waals surface area contributed by atoms with Gasteiger partial charge in [0.25, 0.3) is 5.03 Å². The van der Waals surface area contributed by atoms with Gasteiger partial charge in [-0.3, -0.25) is 4.68 Å². The topological polar surface area (TPSA) is 82.0 Å². The largest absolute Gasteiger partial charge is 0.586 e. The molecule has 0 bridgehead atoms. The molecule has 0 aliphatic heterocycles. The minimum absolute atomic E-state index is 0.275. The highest BCUT2D eigenvalue weighted by Crippen LogP contribution is 2.38. The molecule has 1 heterocycles. The fourth-order valence-electron chi connectivity index (χ4n) is 4.33. The summed E-state index contributed by atoms with van der Waals surface area (Å²) in [6.45, 7) is 4.11. The molecule has 144 valence electrons. The number of amides is 2. The molecule has 0 spiro atoms. The Labute approximate surface area is 163 Å². The second-order valence-electron chi connectivity index (χ2n) is 7.74. The van der Waals surface area contributed by atoms with Gasteiger partial charge in [-0.25, -0.2) is 4.79 Å². The number of fused-ring (bicyclic) bond motifs is 2. The number of hydrogen-bond acceptors (Lipinski definition) is 3. The van der Waals surface area contributed by atoms with E-state index in [1.807, 2.05) is 7.05 Å². The first-order chi connectivity index (χ1) is 12.9. The molecule has 27 heavy (non-hydrogen) atoms. The molecule has 2 N–H and O–H groups in total. The lowest BCUT2D eigenvalue weighted by Gasteiger charge is -2.16. The van der Waals surface area contributed by atoms with Crippen LogP contribution in [0.15, 0.2) is 17.2 Å². The Morgan fingerprint density at radius 1 is 1.15 bits per heavy atom. The van der Waals surface area contributed by atoms with Gasteiger partial charge >= 0.3 is 6.03 Å². The van der Waals surface area contributed by atoms with Crippen molar-refractivity contribution in [2.45, 2.75) is 63.3 Å². The lowest BCUT2D eigenvalue weighted by molar-refractivity contribution is 0.256. The van der Waals surface area contributed by atoms with E-state index in [2.05, 4.69) is 35.1 Å². The van der Waals surface area contributed by atoms with Crippen LogP contribution in [0.1, 0.15) is 60.6 Å². The Balaban J connectivity index is 1.51. The third-order valence-corrected chi connectivity index (χ3v) is 6.52. The number of hydrogen-bond donors (Lipinski definition) is 2. The van der Waals surface area contributed by atoms with E-state index in [0.717, 1.165) is 49.9 Å². The van der Waals surface area contributed by atoms with Crippen LogP contribution >= 0.6 is 0 Å². The van der Waals surface area contributed by atoms with Crippen LogP contribution in [-0.4, -0.2) is 20.4 Å². The van der Waals surface area contributed by atoms with E-state index in [0.29, 0.717) is 5.03 Å². The monoisotopic (exact) mass is 386 g/mol. The van der Waals surface area contributed by atoms with Crippen molar-refractivity contribution in [2.24, 2.45) is 7.05 Å². The number of aryl methyl sites for hydroxylation is 3. The van der Waals surface area contributed by atoms with Gasteiger partial charge in [0.2, 0.25) is 0 Å². The molecule has 4 rings (SSSR count). The molecule has 2 aliphatic carbocycles. The minimum Gasteiger partial charge on any atom is -0.586 e. The summed E-state index contributed by atoms with van der Waals surface area (Å²) in [5.74, 6) is 0.275. The molecule has 2 amide bonds. The average molecular weight is 387 g/mol. The Bertz CT molecular complexity index is 858. The number of carbonyl (C=O) groups excluding carboxylic acids is 1. The number of anilines is 1. The molecular weight excluding hydrogens is 360 g/mol. The molecule has 2 aliphatic rings. The van der Waals surface area contributed by atoms with Gasteiger partial charge in [0, 0.05) is 24.5 Å². The van der Waals surface area contributed by atoms with Crippen LogP contribution in [-0.2, 0) is 44.1 Å². The highest BCUT2D eigenvalue weighted by atomic mass is 32.2. The summed E-state index contributed by atoms with van der Waals surface area (Å²) in [4.78, 5) is 12.6. The summed E-state index contributed by atoms with van der Waals surface area (Å²) in [6.07, 6.45) is 6.42. The zero-order valence-corrected chi connectivity index (χ0v) is 16.9. The van der Waals surface area contributed by atoms with Crippen LogP contribution in [0.3, 0.4) is 0 Å². The van der Waals surface area contributed by atoms with E-state index in [9.17, 15) is 9.35 Å². The van der Waals surface area contributed by atoms with Crippen molar-refractivity contribution in [3.05, 3.63) is 40.1 Å². The highest BCUT2D eigenvalue weighted by Gasteiger charge is 2.27. The summed E-state index contributed by atoms with van der Waals surface area (Å²) < 4.78 is 16.8. The maximum atomic E-state index is 12.6. The van der Waals surface area contributed by atoms with Gasteiger partial charge in [0.15, 0.2) is 0 Å². The number of urea groups is 1. The quantitative estimate of drug-likeness (QED) is 0.791. The van der Waals surface area contributed by atoms with E-state index >= 15 is 0 Å². The Hall–Kier alpha value is -1.99. The fraction of sp³-hybridized carbons (Fsp3) is 0.500. The molecule has 0 saturated heterocycles. The molecule has 0 saturated carbocycles. The molecule has 1 aromatic heterocycles. The first-order valence-corrected chi connectivity index (χ1v) is 10.8. The number of carbonyl (C=O) groups is 1. The molecule has 1 unspecified atom stereocenters. The maximum absolute atomic E-state index is 12.6. The van der Waals surface area contributed by atoms with Gasteiger partial charge < -0.3 is 9.87 Å². The van der Waals surface area contributed by atoms with Crippen LogP contribution in [0.5, 0.6) is 0 Å². The van der Waals surface area contributed by atoms with Crippen molar-refractivity contribution in [2.75, 3.05) is 5.32 Å². The Morgan fingerprint density at radius 3 is 2.33 bits per heavy atom. The van der Waals surface area contributed by atoms with E-state index in [1.165, 1.54) is 22.3 Å². The van der Waals surface area contributed by atoms with Gasteiger partial charge in [-0.15, -0.1) is 9.82 Å². The predicted octanol–water partition coefficient (Wildman–Crippen LogP) is 3.37. The van der Waals surface area contributed by atoms with Gasteiger partial charge in [0.05, 0.1) is 0 Å². The van der Waals surface area contributed by atoms with Crippen LogP contribution in [0.4, 0.5) is 10.5 Å². The zero-order valence-electron chi connectivity index (χ0n) is 16.1. The van der Waals surface area contributed by atoms with Gasteiger partial charge in [-0.05, 0) is 66.7 Å². The number of nitrogens with one attached hydrogen (secondary N) is 2. The van der Waals surface area contributed by atoms with Crippen LogP contribution in [0, 0.1) is 0 Å². The normalized spacial score (nSPS) is 16.3. The molecule has 0 radical (unpaired) electrons. The number of rotatable bonds is 4. The van der Waals surface area contributed by atoms with E-state index < -0.39 is 17.4 Å². The highest BCUT2D eigenvalue weighted by molar-refractivity contribution is 7.90. The summed E-state index contributed by atoms with van der Waals surface area (Å²) in [7, 11) is 1.83. The summed E-state index contributed by atoms with van der Waals surface area (Å²) in [5, 5.41) is 7.67. The first-order valence-electron chi connectivity index (χ1n) is 9.64. The lowest BCUT2D eigenvalue weighted by Crippen LogP contribution is -2.35. The minimum atomic E-state index is -1.68. The Kier molecular flexibility index (Phi) is 4.90. The SMILES string of the molecule is CC(C)c1cc([S+]([O-])NC(=O)Nc2c3c(cc4c2CCC4)CCC3)nn1C. The smallest absolute Gasteiger partial charge is 0.361 e. The second kappa shape index (κ2) is 7.20. The molecule has 1 atom stereocenters. The third-order valence-electron chi connectivity index (χ3n) is 5.57. The van der Waals surface area contributed by atoms with E-state index in [-0.39, 0.29) is 5.92 Å². The van der Waals surface area contributed by atoms with Crippen molar-refractivity contribution in [1.29, 1.82) is 0 Å². The zero-order chi connectivity index (χ0) is 19.1. The molecular formula is C20H26N4O2S. The summed E-state index contributed by atoms with van der Waals surface area (Å²) in [6, 6.07) is 3.69. The van der Waals surface area contributed by atoms with Crippen LogP contribution in [0.25, 0.3) is 0 Å². The van der Waals surface area contributed by atoms with Crippen molar-refractivity contribution >= 4 is 23.1 Å². The molecule has 6 nitrogen and oxygen atoms in total. The van der Waals surface area contributed by atoms with Crippen molar-refractivity contribution in [1.82, 2.24) is 14.5 Å². The third kappa shape index (κ3) is 3.46. The maximum Gasteiger partial charge on any atom is 0.361 e. The molecule has 2 aromatic rings. The lowest BCUT2D eigenvalue weighted by atomic mass is 9.99. The fourth-order valence-corrected chi connectivity index (χ4v) is 5.08. The van der Waals surface area contributed by atoms with Crippen LogP contribution < -0.4 is 10.0 Å². The van der Waals surface area contributed by atoms with E-state index in [1.54, 1.807) is 10.7 Å². The van der Waals surface area contributed by atoms with Gasteiger partial charge in [0.1, 0.15) is 11.4 Å². The predicted molar refractivity (Wildman–Crippen MR) is 106 cm³/mol. The van der Waals surface area contributed by atoms with Crippen molar-refractivity contribution in [3.8, 4) is 0 Å². The van der Waals surface area contributed by atoms with Crippen molar-refractivity contribution in [3.63, 3.8) is 0 Å². The number of aromatic nitrogens is 2. The van der Waals surface area contributed by atoms with Crippen LogP contribution in [0.2, 0.25) is 0 Å². The van der Waals surface area contributed by atoms with Crippen molar-refractivity contribution < 1.29 is 9.35 Å². The molecule has 7 heteroatoms. The Morgan fingerprint density at radius 2 is 1.78 bits per heavy atom. The molecule has 1 aromatic carbocycles. The number of nitrogens with zero attached hydrogens (tertiary/aromatic N) is 2. The average Bonchev–Trinajstić information content (AvgIpc) is 3.32. The summed E-state index contributed by atoms with van der Waals surface area (Å²) >= 11 is -1.68. The number of benzene rings is 1. The van der Waals surface area contributed by atoms with E-state index in [4.69, 9.17) is 0 Å². The van der Waals surface area contributed by atoms with Gasteiger partial charge in [-0.1, -0.05) is 19.9 Å². The molecule has 0 fully saturated rings. The van der Waals surface area contributed by atoms with Gasteiger partial charge in [-0.2, -0.15) is 0 Å².